The Balaban J connectivity index is 1.64. The van der Waals surface area contributed by atoms with E-state index in [9.17, 15) is 0 Å². The Kier molecular flexibility index (Phi) is 3.95. The van der Waals surface area contributed by atoms with E-state index in [2.05, 4.69) is 56.1 Å². The Morgan fingerprint density at radius 2 is 2.21 bits per heavy atom. The Morgan fingerprint density at radius 1 is 1.26 bits per heavy atom. The Morgan fingerprint density at radius 3 is 3.00 bits per heavy atom. The van der Waals surface area contributed by atoms with E-state index in [0.717, 1.165) is 13.1 Å². The zero-order chi connectivity index (χ0) is 13.1. The van der Waals surface area contributed by atoms with Crippen molar-refractivity contribution in [2.45, 2.75) is 18.9 Å². The molecule has 98 valence electrons. The molecule has 19 heavy (non-hydrogen) atoms. The monoisotopic (exact) mass is 316 g/mol. The van der Waals surface area contributed by atoms with Gasteiger partial charge in [0.25, 0.3) is 0 Å². The van der Waals surface area contributed by atoms with Gasteiger partial charge >= 0.3 is 0 Å². The molecule has 0 amide bonds. The smallest absolute Gasteiger partial charge is 0.0312 e. The molecule has 0 radical (unpaired) electrons. The molecule has 2 heterocycles. The van der Waals surface area contributed by atoms with E-state index in [-0.39, 0.29) is 0 Å². The first-order chi connectivity index (χ1) is 9.31. The topological polar surface area (TPSA) is 16.1 Å². The molecule has 0 spiro atoms. The number of rotatable bonds is 3. The highest BCUT2D eigenvalue weighted by atomic mass is 79.9. The molecule has 1 aromatic heterocycles. The molecular weight excluding hydrogens is 300 g/mol. The van der Waals surface area contributed by atoms with Crippen LogP contribution >= 0.6 is 15.9 Å². The molecule has 1 aliphatic rings. The third-order valence-electron chi connectivity index (χ3n) is 3.72. The average Bonchev–Trinajstić information content (AvgIpc) is 2.88. The first kappa shape index (κ1) is 12.8. The molecule has 3 heteroatoms. The average molecular weight is 317 g/mol. The van der Waals surface area contributed by atoms with Crippen LogP contribution in [0.4, 0.5) is 0 Å². The van der Waals surface area contributed by atoms with Crippen molar-refractivity contribution < 1.29 is 0 Å². The number of aromatic nitrogens is 1. The number of nitrogens with zero attached hydrogens (tertiary/aromatic N) is 2. The van der Waals surface area contributed by atoms with Crippen molar-refractivity contribution in [3.8, 4) is 0 Å². The fourth-order valence-corrected chi connectivity index (χ4v) is 3.18. The molecular formula is C16H17BrN2. The minimum Gasteiger partial charge on any atom is -0.298 e. The number of halogens is 1. The van der Waals surface area contributed by atoms with Crippen LogP contribution in [0.25, 0.3) is 0 Å². The van der Waals surface area contributed by atoms with Gasteiger partial charge in [0.15, 0.2) is 0 Å². The Labute approximate surface area is 122 Å². The minimum absolute atomic E-state index is 0.661. The van der Waals surface area contributed by atoms with Crippen LogP contribution in [0.3, 0.4) is 0 Å². The van der Waals surface area contributed by atoms with Crippen LogP contribution in [0, 0.1) is 0 Å². The maximum Gasteiger partial charge on any atom is 0.0312 e. The highest BCUT2D eigenvalue weighted by molar-refractivity contribution is 9.10. The molecule has 0 bridgehead atoms. The van der Waals surface area contributed by atoms with Gasteiger partial charge in [-0.05, 0) is 48.2 Å². The predicted molar refractivity (Wildman–Crippen MR) is 81.0 cm³/mol. The fourth-order valence-electron chi connectivity index (χ4n) is 2.76. The van der Waals surface area contributed by atoms with E-state index in [0.29, 0.717) is 5.92 Å². The minimum atomic E-state index is 0.661. The SMILES string of the molecule is Brc1cccc(C2CCN(Cc3cccnc3)C2)c1. The molecule has 2 nitrogen and oxygen atoms in total. The Hall–Kier alpha value is -1.19. The van der Waals surface area contributed by atoms with Crippen LogP contribution in [0.1, 0.15) is 23.5 Å². The van der Waals surface area contributed by atoms with Crippen molar-refractivity contribution in [1.29, 1.82) is 0 Å². The van der Waals surface area contributed by atoms with Crippen LogP contribution in [0.15, 0.2) is 53.3 Å². The third-order valence-corrected chi connectivity index (χ3v) is 4.21. The summed E-state index contributed by atoms with van der Waals surface area (Å²) >= 11 is 3.56. The van der Waals surface area contributed by atoms with Gasteiger partial charge in [0.05, 0.1) is 0 Å². The lowest BCUT2D eigenvalue weighted by Crippen LogP contribution is -2.19. The largest absolute Gasteiger partial charge is 0.298 e. The summed E-state index contributed by atoms with van der Waals surface area (Å²) in [6.45, 7) is 3.33. The second kappa shape index (κ2) is 5.85. The highest BCUT2D eigenvalue weighted by Gasteiger charge is 2.23. The van der Waals surface area contributed by atoms with Crippen molar-refractivity contribution in [1.82, 2.24) is 9.88 Å². The lowest BCUT2D eigenvalue weighted by Gasteiger charge is -2.16. The van der Waals surface area contributed by atoms with Crippen molar-refractivity contribution in [3.63, 3.8) is 0 Å². The van der Waals surface area contributed by atoms with Gasteiger partial charge in [0.2, 0.25) is 0 Å². The normalized spacial score (nSPS) is 19.7. The lowest BCUT2D eigenvalue weighted by molar-refractivity contribution is 0.326. The molecule has 0 N–H and O–H groups in total. The number of pyridine rings is 1. The van der Waals surface area contributed by atoms with E-state index in [1.807, 2.05) is 18.5 Å². The van der Waals surface area contributed by atoms with E-state index in [1.165, 1.54) is 28.6 Å². The molecule has 1 aromatic carbocycles. The zero-order valence-electron chi connectivity index (χ0n) is 10.8. The van der Waals surface area contributed by atoms with Crippen LogP contribution in [0.2, 0.25) is 0 Å². The molecule has 1 saturated heterocycles. The molecule has 1 aliphatic heterocycles. The predicted octanol–water partition coefficient (Wildman–Crippen LogP) is 3.83. The van der Waals surface area contributed by atoms with Gasteiger partial charge in [-0.3, -0.25) is 9.88 Å². The van der Waals surface area contributed by atoms with Crippen molar-refractivity contribution in [3.05, 3.63) is 64.4 Å². The summed E-state index contributed by atoms with van der Waals surface area (Å²) < 4.78 is 1.18. The van der Waals surface area contributed by atoms with Gasteiger partial charge in [-0.15, -0.1) is 0 Å². The van der Waals surface area contributed by atoms with E-state index < -0.39 is 0 Å². The number of likely N-dealkylation sites (tertiary alicyclic amines) is 1. The van der Waals surface area contributed by atoms with Crippen LogP contribution in [-0.2, 0) is 6.54 Å². The standard InChI is InChI=1S/C16H17BrN2/c17-16-5-1-4-14(9-16)15-6-8-19(12-15)11-13-3-2-7-18-10-13/h1-5,7,9-10,15H,6,8,11-12H2. The number of benzene rings is 1. The second-order valence-electron chi connectivity index (χ2n) is 5.14. The van der Waals surface area contributed by atoms with E-state index in [4.69, 9.17) is 0 Å². The van der Waals surface area contributed by atoms with Crippen LogP contribution in [-0.4, -0.2) is 23.0 Å². The van der Waals surface area contributed by atoms with Gasteiger partial charge in [0, 0.05) is 30.0 Å². The third kappa shape index (κ3) is 3.23. The van der Waals surface area contributed by atoms with Crippen molar-refractivity contribution >= 4 is 15.9 Å². The molecule has 3 rings (SSSR count). The first-order valence-electron chi connectivity index (χ1n) is 6.68. The molecule has 1 fully saturated rings. The fraction of sp³-hybridized carbons (Fsp3) is 0.312. The van der Waals surface area contributed by atoms with E-state index in [1.54, 1.807) is 0 Å². The maximum absolute atomic E-state index is 4.18. The van der Waals surface area contributed by atoms with Gasteiger partial charge in [0.1, 0.15) is 0 Å². The second-order valence-corrected chi connectivity index (χ2v) is 6.05. The first-order valence-corrected chi connectivity index (χ1v) is 7.47. The summed E-state index contributed by atoms with van der Waals surface area (Å²) in [7, 11) is 0. The maximum atomic E-state index is 4.18. The molecule has 1 atom stereocenters. The summed E-state index contributed by atoms with van der Waals surface area (Å²) in [5.41, 5.74) is 2.75. The van der Waals surface area contributed by atoms with Gasteiger partial charge in [-0.1, -0.05) is 34.1 Å². The molecule has 0 saturated carbocycles. The summed E-state index contributed by atoms with van der Waals surface area (Å²) in [4.78, 5) is 6.70. The van der Waals surface area contributed by atoms with Crippen molar-refractivity contribution in [2.24, 2.45) is 0 Å². The summed E-state index contributed by atoms with van der Waals surface area (Å²) in [5.74, 6) is 0.661. The van der Waals surface area contributed by atoms with Gasteiger partial charge in [-0.25, -0.2) is 0 Å². The molecule has 2 aromatic rings. The summed E-state index contributed by atoms with van der Waals surface area (Å²) in [6, 6.07) is 12.9. The van der Waals surface area contributed by atoms with Gasteiger partial charge in [-0.2, -0.15) is 0 Å². The van der Waals surface area contributed by atoms with Crippen LogP contribution in [0.5, 0.6) is 0 Å². The Bertz CT molecular complexity index is 541. The van der Waals surface area contributed by atoms with E-state index >= 15 is 0 Å². The number of hydrogen-bond acceptors (Lipinski definition) is 2. The molecule has 1 unspecified atom stereocenters. The quantitative estimate of drug-likeness (QED) is 0.855. The van der Waals surface area contributed by atoms with Crippen LogP contribution < -0.4 is 0 Å². The lowest BCUT2D eigenvalue weighted by atomic mass is 9.99. The summed E-state index contributed by atoms with van der Waals surface area (Å²) in [5, 5.41) is 0. The zero-order valence-corrected chi connectivity index (χ0v) is 12.4. The van der Waals surface area contributed by atoms with Crippen molar-refractivity contribution in [2.75, 3.05) is 13.1 Å². The molecule has 0 aliphatic carbocycles. The van der Waals surface area contributed by atoms with Gasteiger partial charge < -0.3 is 0 Å². The highest BCUT2D eigenvalue weighted by Crippen LogP contribution is 2.29. The summed E-state index contributed by atoms with van der Waals surface area (Å²) in [6.07, 6.45) is 5.04. The number of hydrogen-bond donors (Lipinski definition) is 0.